The fourth-order valence-corrected chi connectivity index (χ4v) is 1.82. The number of hydrogen-bond acceptors (Lipinski definition) is 5. The van der Waals surface area contributed by atoms with Crippen LogP contribution >= 0.6 is 0 Å². The zero-order valence-corrected chi connectivity index (χ0v) is 9.60. The highest BCUT2D eigenvalue weighted by Crippen LogP contribution is 2.21. The molecule has 1 unspecified atom stereocenters. The molecule has 16 heavy (non-hydrogen) atoms. The topological polar surface area (TPSA) is 86.5 Å². The molecule has 0 saturated carbocycles. The van der Waals surface area contributed by atoms with Crippen molar-refractivity contribution in [2.24, 2.45) is 0 Å². The summed E-state index contributed by atoms with van der Waals surface area (Å²) in [5.41, 5.74) is 0.520. The van der Waals surface area contributed by atoms with Gasteiger partial charge in [0.15, 0.2) is 0 Å². The largest absolute Gasteiger partial charge is 0.269 e. The second kappa shape index (κ2) is 4.58. The van der Waals surface area contributed by atoms with Crippen molar-refractivity contribution in [3.8, 4) is 0 Å². The minimum Gasteiger partial charge on any atom is -0.262 e. The van der Waals surface area contributed by atoms with E-state index in [1.807, 2.05) is 0 Å². The smallest absolute Gasteiger partial charge is 0.262 e. The summed E-state index contributed by atoms with van der Waals surface area (Å²) < 4.78 is 26.4. The molecule has 0 amide bonds. The van der Waals surface area contributed by atoms with Crippen LogP contribution in [-0.2, 0) is 14.3 Å². The Kier molecular flexibility index (Phi) is 3.61. The molecule has 0 fully saturated rings. The van der Waals surface area contributed by atoms with E-state index in [-0.39, 0.29) is 5.69 Å². The summed E-state index contributed by atoms with van der Waals surface area (Å²) in [5, 5.41) is 10.4. The summed E-state index contributed by atoms with van der Waals surface area (Å²) >= 11 is 0. The van der Waals surface area contributed by atoms with E-state index in [0.29, 0.717) is 5.56 Å². The first-order chi connectivity index (χ1) is 7.29. The molecular formula is C9H11NO5S. The molecule has 0 aromatic heterocycles. The first-order valence-electron chi connectivity index (χ1n) is 4.42. The van der Waals surface area contributed by atoms with E-state index in [1.165, 1.54) is 24.3 Å². The zero-order valence-electron chi connectivity index (χ0n) is 8.78. The number of nitro groups is 1. The highest BCUT2D eigenvalue weighted by molar-refractivity contribution is 7.86. The van der Waals surface area contributed by atoms with Crippen LogP contribution < -0.4 is 0 Å². The molecule has 0 radical (unpaired) electrons. The third-order valence-corrected chi connectivity index (χ3v) is 2.53. The molecule has 0 aliphatic carbocycles. The third-order valence-electron chi connectivity index (χ3n) is 1.89. The van der Waals surface area contributed by atoms with Gasteiger partial charge in [0.05, 0.1) is 17.3 Å². The molecule has 1 atom stereocenters. The lowest BCUT2D eigenvalue weighted by atomic mass is 10.1. The molecule has 88 valence electrons. The van der Waals surface area contributed by atoms with Gasteiger partial charge in [-0.3, -0.25) is 14.3 Å². The average molecular weight is 245 g/mol. The summed E-state index contributed by atoms with van der Waals surface area (Å²) in [4.78, 5) is 9.87. The molecule has 1 aromatic carbocycles. The Labute approximate surface area is 93.1 Å². The molecule has 0 bridgehead atoms. The van der Waals surface area contributed by atoms with Gasteiger partial charge in [-0.1, -0.05) is 0 Å². The fraction of sp³-hybridized carbons (Fsp3) is 0.333. The lowest BCUT2D eigenvalue weighted by Crippen LogP contribution is -2.07. The minimum absolute atomic E-state index is 0.0460. The van der Waals surface area contributed by atoms with Crippen LogP contribution in [0.3, 0.4) is 0 Å². The van der Waals surface area contributed by atoms with E-state index in [2.05, 4.69) is 0 Å². The van der Waals surface area contributed by atoms with Gasteiger partial charge in [0.1, 0.15) is 0 Å². The van der Waals surface area contributed by atoms with Crippen LogP contribution in [0.2, 0.25) is 0 Å². The van der Waals surface area contributed by atoms with E-state index in [4.69, 9.17) is 4.18 Å². The van der Waals surface area contributed by atoms with Crippen molar-refractivity contribution in [1.82, 2.24) is 0 Å². The monoisotopic (exact) mass is 245 g/mol. The number of nitro benzene ring substituents is 1. The number of hydrogen-bond donors (Lipinski definition) is 0. The van der Waals surface area contributed by atoms with Crippen LogP contribution in [-0.4, -0.2) is 19.6 Å². The third kappa shape index (κ3) is 3.59. The van der Waals surface area contributed by atoms with Crippen molar-refractivity contribution in [3.05, 3.63) is 39.9 Å². The van der Waals surface area contributed by atoms with Crippen molar-refractivity contribution in [1.29, 1.82) is 0 Å². The van der Waals surface area contributed by atoms with Gasteiger partial charge in [0.2, 0.25) is 0 Å². The van der Waals surface area contributed by atoms with Gasteiger partial charge in [0.25, 0.3) is 15.8 Å². The second-order valence-electron chi connectivity index (χ2n) is 3.29. The van der Waals surface area contributed by atoms with E-state index in [1.54, 1.807) is 6.92 Å². The van der Waals surface area contributed by atoms with Crippen molar-refractivity contribution in [2.75, 3.05) is 6.26 Å². The van der Waals surface area contributed by atoms with Crippen LogP contribution in [0.15, 0.2) is 24.3 Å². The Bertz CT molecular complexity index is 479. The molecule has 0 heterocycles. The maximum atomic E-state index is 10.9. The van der Waals surface area contributed by atoms with Crippen LogP contribution in [0.25, 0.3) is 0 Å². The van der Waals surface area contributed by atoms with E-state index in [9.17, 15) is 18.5 Å². The molecule has 0 saturated heterocycles. The van der Waals surface area contributed by atoms with Crippen LogP contribution in [0, 0.1) is 10.1 Å². The average Bonchev–Trinajstić information content (AvgIpc) is 2.15. The molecule has 7 heteroatoms. The molecule has 0 aliphatic rings. The van der Waals surface area contributed by atoms with Gasteiger partial charge in [-0.25, -0.2) is 0 Å². The van der Waals surface area contributed by atoms with Crippen LogP contribution in [0.5, 0.6) is 0 Å². The zero-order chi connectivity index (χ0) is 12.3. The maximum Gasteiger partial charge on any atom is 0.269 e. The summed E-state index contributed by atoms with van der Waals surface area (Å²) in [6.07, 6.45) is 0.297. The van der Waals surface area contributed by atoms with Gasteiger partial charge in [0, 0.05) is 12.1 Å². The van der Waals surface area contributed by atoms with Gasteiger partial charge in [-0.2, -0.15) is 8.42 Å². The SMILES string of the molecule is CC(OS(C)(=O)=O)c1ccc([N+](=O)[O-])cc1. The Morgan fingerprint density at radius 3 is 2.19 bits per heavy atom. The Morgan fingerprint density at radius 1 is 1.31 bits per heavy atom. The van der Waals surface area contributed by atoms with E-state index >= 15 is 0 Å². The Hall–Kier alpha value is -1.47. The van der Waals surface area contributed by atoms with Crippen molar-refractivity contribution in [3.63, 3.8) is 0 Å². The fourth-order valence-electron chi connectivity index (χ4n) is 1.18. The van der Waals surface area contributed by atoms with E-state index < -0.39 is 21.1 Å². The summed E-state index contributed by atoms with van der Waals surface area (Å²) in [5.74, 6) is 0. The second-order valence-corrected chi connectivity index (χ2v) is 4.89. The maximum absolute atomic E-state index is 10.9. The first-order valence-corrected chi connectivity index (χ1v) is 6.24. The Balaban J connectivity index is 2.86. The Morgan fingerprint density at radius 2 is 1.81 bits per heavy atom. The molecule has 6 nitrogen and oxygen atoms in total. The van der Waals surface area contributed by atoms with Gasteiger partial charge >= 0.3 is 0 Å². The number of benzene rings is 1. The summed E-state index contributed by atoms with van der Waals surface area (Å²) in [6, 6.07) is 5.54. The molecule has 0 aliphatic heterocycles. The summed E-state index contributed by atoms with van der Waals surface area (Å²) in [7, 11) is -3.53. The van der Waals surface area contributed by atoms with Gasteiger partial charge in [-0.15, -0.1) is 0 Å². The number of rotatable bonds is 4. The van der Waals surface area contributed by atoms with Crippen LogP contribution in [0.4, 0.5) is 5.69 Å². The quantitative estimate of drug-likeness (QED) is 0.457. The van der Waals surface area contributed by atoms with Crippen LogP contribution in [0.1, 0.15) is 18.6 Å². The van der Waals surface area contributed by atoms with Crippen molar-refractivity contribution < 1.29 is 17.5 Å². The van der Waals surface area contributed by atoms with Crippen molar-refractivity contribution >= 4 is 15.8 Å². The van der Waals surface area contributed by atoms with E-state index in [0.717, 1.165) is 6.26 Å². The lowest BCUT2D eigenvalue weighted by molar-refractivity contribution is -0.384. The molecular weight excluding hydrogens is 234 g/mol. The lowest BCUT2D eigenvalue weighted by Gasteiger charge is -2.10. The number of non-ortho nitro benzene ring substituents is 1. The normalized spacial score (nSPS) is 13.4. The predicted octanol–water partition coefficient (Wildman–Crippen LogP) is 1.63. The predicted molar refractivity (Wildman–Crippen MR) is 57.4 cm³/mol. The first kappa shape index (κ1) is 12.6. The molecule has 1 aromatic rings. The molecule has 1 rings (SSSR count). The highest BCUT2D eigenvalue weighted by atomic mass is 32.2. The highest BCUT2D eigenvalue weighted by Gasteiger charge is 2.13. The van der Waals surface area contributed by atoms with Crippen molar-refractivity contribution in [2.45, 2.75) is 13.0 Å². The minimum atomic E-state index is -3.53. The number of nitrogens with zero attached hydrogens (tertiary/aromatic N) is 1. The molecule has 0 N–H and O–H groups in total. The van der Waals surface area contributed by atoms with Gasteiger partial charge in [-0.05, 0) is 24.6 Å². The summed E-state index contributed by atoms with van der Waals surface area (Å²) in [6.45, 7) is 1.56. The standard InChI is InChI=1S/C9H11NO5S/c1-7(15-16(2,13)14)8-3-5-9(6-4-8)10(11)12/h3-7H,1-2H3. The molecule has 0 spiro atoms. The van der Waals surface area contributed by atoms with Gasteiger partial charge < -0.3 is 0 Å².